The van der Waals surface area contributed by atoms with Gasteiger partial charge in [-0.05, 0) is 32.9 Å². The Bertz CT molecular complexity index is 303. The zero-order valence-corrected chi connectivity index (χ0v) is 10.8. The molecule has 2 rings (SSSR count). The first-order chi connectivity index (χ1) is 7.28. The van der Waals surface area contributed by atoms with E-state index < -0.39 is 0 Å². The summed E-state index contributed by atoms with van der Waals surface area (Å²) in [5.41, 5.74) is 1.34. The fourth-order valence-corrected chi connectivity index (χ4v) is 2.39. The van der Waals surface area contributed by atoms with Crippen molar-refractivity contribution < 1.29 is 0 Å². The van der Waals surface area contributed by atoms with Crippen LogP contribution in [0.25, 0.3) is 0 Å². The van der Waals surface area contributed by atoms with Gasteiger partial charge in [0, 0.05) is 29.7 Å². The molecule has 1 aromatic heterocycles. The van der Waals surface area contributed by atoms with E-state index in [4.69, 9.17) is 0 Å². The predicted octanol–water partition coefficient (Wildman–Crippen LogP) is 2.26. The molecule has 1 aromatic rings. The number of hydrogen-bond donors (Lipinski definition) is 0. The van der Waals surface area contributed by atoms with Crippen LogP contribution in [0, 0.1) is 0 Å². The minimum atomic E-state index is 0.729. The molecule has 15 heavy (non-hydrogen) atoms. The summed E-state index contributed by atoms with van der Waals surface area (Å²) in [6.45, 7) is 6.54. The van der Waals surface area contributed by atoms with Crippen molar-refractivity contribution in [2.24, 2.45) is 0 Å². The van der Waals surface area contributed by atoms with Gasteiger partial charge in [-0.2, -0.15) is 5.10 Å². The van der Waals surface area contributed by atoms with E-state index in [0.29, 0.717) is 0 Å². The van der Waals surface area contributed by atoms with Crippen LogP contribution >= 0.6 is 15.9 Å². The minimum Gasteiger partial charge on any atom is -0.299 e. The molecule has 0 aliphatic carbocycles. The highest BCUT2D eigenvalue weighted by Gasteiger charge is 2.16. The molecule has 1 fully saturated rings. The molecule has 0 saturated carbocycles. The lowest BCUT2D eigenvalue weighted by Gasteiger charge is -2.28. The lowest BCUT2D eigenvalue weighted by Crippen LogP contribution is -2.33. The van der Waals surface area contributed by atoms with Crippen molar-refractivity contribution in [1.29, 1.82) is 0 Å². The van der Waals surface area contributed by atoms with E-state index in [1.165, 1.54) is 31.5 Å². The first-order valence-corrected chi connectivity index (χ1v) is 6.57. The first-order valence-electron chi connectivity index (χ1n) is 5.65. The molecule has 0 unspecified atom stereocenters. The van der Waals surface area contributed by atoms with Crippen LogP contribution in [-0.4, -0.2) is 32.6 Å². The fourth-order valence-electron chi connectivity index (χ4n) is 1.98. The van der Waals surface area contributed by atoms with Gasteiger partial charge in [-0.15, -0.1) is 0 Å². The van der Waals surface area contributed by atoms with Crippen LogP contribution in [0.1, 0.15) is 25.3 Å². The van der Waals surface area contributed by atoms with E-state index >= 15 is 0 Å². The lowest BCUT2D eigenvalue weighted by atomic mass is 10.1. The molecule has 0 aromatic carbocycles. The van der Waals surface area contributed by atoms with Crippen LogP contribution in [-0.2, 0) is 13.1 Å². The van der Waals surface area contributed by atoms with Crippen molar-refractivity contribution in [3.63, 3.8) is 0 Å². The standard InChI is InChI=1S/C11H18BrN3/c1-2-15-9-10(7-13-15)8-14-5-3-11(12)4-6-14/h7,9,11H,2-6,8H2,1H3. The Morgan fingerprint density at radius 1 is 1.47 bits per heavy atom. The van der Waals surface area contributed by atoms with Gasteiger partial charge in [0.25, 0.3) is 0 Å². The van der Waals surface area contributed by atoms with Crippen molar-refractivity contribution in [1.82, 2.24) is 14.7 Å². The molecule has 0 N–H and O–H groups in total. The average molecular weight is 272 g/mol. The minimum absolute atomic E-state index is 0.729. The van der Waals surface area contributed by atoms with E-state index in [9.17, 15) is 0 Å². The van der Waals surface area contributed by atoms with Gasteiger partial charge in [-0.1, -0.05) is 15.9 Å². The summed E-state index contributed by atoms with van der Waals surface area (Å²) in [4.78, 5) is 3.24. The van der Waals surface area contributed by atoms with Gasteiger partial charge in [0.15, 0.2) is 0 Å². The van der Waals surface area contributed by atoms with Crippen molar-refractivity contribution >= 4 is 15.9 Å². The normalized spacial score (nSPS) is 19.6. The lowest BCUT2D eigenvalue weighted by molar-refractivity contribution is 0.226. The van der Waals surface area contributed by atoms with Crippen molar-refractivity contribution in [2.45, 2.75) is 37.7 Å². The molecule has 0 amide bonds. The second-order valence-electron chi connectivity index (χ2n) is 4.16. The number of nitrogens with zero attached hydrogens (tertiary/aromatic N) is 3. The second-order valence-corrected chi connectivity index (χ2v) is 5.45. The molecule has 3 nitrogen and oxygen atoms in total. The third kappa shape index (κ3) is 3.05. The third-order valence-electron chi connectivity index (χ3n) is 2.93. The van der Waals surface area contributed by atoms with E-state index in [1.54, 1.807) is 0 Å². The van der Waals surface area contributed by atoms with Crippen molar-refractivity contribution in [3.8, 4) is 0 Å². The molecule has 0 spiro atoms. The Labute approximate surface area is 99.6 Å². The van der Waals surface area contributed by atoms with Gasteiger partial charge in [-0.3, -0.25) is 9.58 Å². The third-order valence-corrected chi connectivity index (χ3v) is 3.85. The van der Waals surface area contributed by atoms with Crippen LogP contribution in [0.2, 0.25) is 0 Å². The molecule has 1 saturated heterocycles. The maximum atomic E-state index is 4.30. The summed E-state index contributed by atoms with van der Waals surface area (Å²) in [5, 5.41) is 4.30. The molecule has 1 aliphatic heterocycles. The Morgan fingerprint density at radius 3 is 2.80 bits per heavy atom. The first kappa shape index (κ1) is 11.1. The largest absolute Gasteiger partial charge is 0.299 e. The van der Waals surface area contributed by atoms with Crippen LogP contribution in [0.3, 0.4) is 0 Å². The number of halogens is 1. The van der Waals surface area contributed by atoms with Gasteiger partial charge < -0.3 is 0 Å². The predicted molar refractivity (Wildman–Crippen MR) is 65.1 cm³/mol. The number of aromatic nitrogens is 2. The molecule has 84 valence electrons. The van der Waals surface area contributed by atoms with E-state index in [1.807, 2.05) is 10.9 Å². The number of alkyl halides is 1. The number of rotatable bonds is 3. The number of hydrogen-bond acceptors (Lipinski definition) is 2. The molecule has 0 bridgehead atoms. The quantitative estimate of drug-likeness (QED) is 0.787. The summed E-state index contributed by atoms with van der Waals surface area (Å²) in [7, 11) is 0. The Kier molecular flexibility index (Phi) is 3.81. The smallest absolute Gasteiger partial charge is 0.0534 e. The van der Waals surface area contributed by atoms with E-state index in [-0.39, 0.29) is 0 Å². The highest BCUT2D eigenvalue weighted by atomic mass is 79.9. The van der Waals surface area contributed by atoms with Gasteiger partial charge in [0.05, 0.1) is 6.20 Å². The van der Waals surface area contributed by atoms with Gasteiger partial charge in [-0.25, -0.2) is 0 Å². The summed E-state index contributed by atoms with van der Waals surface area (Å²) in [5.74, 6) is 0. The number of likely N-dealkylation sites (tertiary alicyclic amines) is 1. The van der Waals surface area contributed by atoms with Crippen molar-refractivity contribution in [2.75, 3.05) is 13.1 Å². The Hall–Kier alpha value is -0.350. The van der Waals surface area contributed by atoms with Crippen molar-refractivity contribution in [3.05, 3.63) is 18.0 Å². The zero-order valence-electron chi connectivity index (χ0n) is 9.19. The summed E-state index contributed by atoms with van der Waals surface area (Å²) < 4.78 is 1.99. The average Bonchev–Trinajstić information content (AvgIpc) is 2.69. The van der Waals surface area contributed by atoms with Crippen LogP contribution in [0.15, 0.2) is 12.4 Å². The number of piperidine rings is 1. The molecule has 2 heterocycles. The summed E-state index contributed by atoms with van der Waals surface area (Å²) >= 11 is 3.67. The van der Waals surface area contributed by atoms with Crippen LogP contribution in [0.5, 0.6) is 0 Å². The number of aryl methyl sites for hydroxylation is 1. The topological polar surface area (TPSA) is 21.1 Å². The van der Waals surface area contributed by atoms with E-state index in [0.717, 1.165) is 17.9 Å². The van der Waals surface area contributed by atoms with Gasteiger partial charge in [0.2, 0.25) is 0 Å². The van der Waals surface area contributed by atoms with Gasteiger partial charge >= 0.3 is 0 Å². The maximum absolute atomic E-state index is 4.30. The van der Waals surface area contributed by atoms with Crippen LogP contribution in [0.4, 0.5) is 0 Å². The SMILES string of the molecule is CCn1cc(CN2CCC(Br)CC2)cn1. The summed E-state index contributed by atoms with van der Waals surface area (Å²) in [6, 6.07) is 0. The molecule has 0 radical (unpaired) electrons. The molecular formula is C11H18BrN3. The zero-order chi connectivity index (χ0) is 10.7. The summed E-state index contributed by atoms with van der Waals surface area (Å²) in [6.07, 6.45) is 6.67. The maximum Gasteiger partial charge on any atom is 0.0534 e. The fraction of sp³-hybridized carbons (Fsp3) is 0.727. The molecule has 0 atom stereocenters. The molecule has 1 aliphatic rings. The monoisotopic (exact) mass is 271 g/mol. The highest BCUT2D eigenvalue weighted by molar-refractivity contribution is 9.09. The Balaban J connectivity index is 1.86. The highest BCUT2D eigenvalue weighted by Crippen LogP contribution is 2.18. The molecule has 4 heteroatoms. The van der Waals surface area contributed by atoms with E-state index in [2.05, 4.69) is 39.0 Å². The second kappa shape index (κ2) is 5.12. The van der Waals surface area contributed by atoms with Crippen LogP contribution < -0.4 is 0 Å². The van der Waals surface area contributed by atoms with Gasteiger partial charge in [0.1, 0.15) is 0 Å². The Morgan fingerprint density at radius 2 is 2.20 bits per heavy atom. The molecular weight excluding hydrogens is 254 g/mol.